The van der Waals surface area contributed by atoms with Crippen LogP contribution >= 0.6 is 0 Å². The molecule has 0 bridgehead atoms. The lowest BCUT2D eigenvalue weighted by Crippen LogP contribution is -2.38. The van der Waals surface area contributed by atoms with E-state index in [0.717, 1.165) is 22.8 Å². The van der Waals surface area contributed by atoms with Crippen LogP contribution in [0, 0.1) is 31.4 Å². The van der Waals surface area contributed by atoms with Gasteiger partial charge in [0.05, 0.1) is 18.7 Å². The van der Waals surface area contributed by atoms with E-state index in [-0.39, 0.29) is 37.0 Å². The summed E-state index contributed by atoms with van der Waals surface area (Å²) in [6, 6.07) is 9.80. The highest BCUT2D eigenvalue weighted by molar-refractivity contribution is 5.96. The zero-order valence-corrected chi connectivity index (χ0v) is 19.2. The van der Waals surface area contributed by atoms with Crippen LogP contribution in [0.1, 0.15) is 55.4 Å². The van der Waals surface area contributed by atoms with E-state index >= 15 is 0 Å². The molecule has 0 radical (unpaired) electrons. The minimum atomic E-state index is -0.992. The fraction of sp³-hybridized carbons (Fsp3) is 0.385. The maximum absolute atomic E-state index is 14.3. The number of amides is 1. The molecule has 0 spiro atoms. The summed E-state index contributed by atoms with van der Waals surface area (Å²) in [7, 11) is 0. The van der Waals surface area contributed by atoms with Gasteiger partial charge in [0.2, 0.25) is 5.91 Å². The second kappa shape index (κ2) is 9.63. The number of carbonyl (C=O) groups excluding carboxylic acids is 2. The van der Waals surface area contributed by atoms with E-state index in [2.05, 4.69) is 0 Å². The van der Waals surface area contributed by atoms with Crippen molar-refractivity contribution in [3.63, 3.8) is 0 Å². The highest BCUT2D eigenvalue weighted by Gasteiger charge is 2.38. The highest BCUT2D eigenvalue weighted by atomic mass is 19.2. The van der Waals surface area contributed by atoms with Crippen LogP contribution in [0.2, 0.25) is 0 Å². The van der Waals surface area contributed by atoms with Gasteiger partial charge in [-0.25, -0.2) is 13.6 Å². The zero-order chi connectivity index (χ0) is 23.6. The van der Waals surface area contributed by atoms with Crippen LogP contribution in [0.4, 0.5) is 8.78 Å². The molecule has 32 heavy (non-hydrogen) atoms. The van der Waals surface area contributed by atoms with E-state index in [4.69, 9.17) is 4.74 Å². The van der Waals surface area contributed by atoms with Gasteiger partial charge in [-0.2, -0.15) is 0 Å². The van der Waals surface area contributed by atoms with Crippen molar-refractivity contribution in [2.24, 2.45) is 5.92 Å². The quantitative estimate of drug-likeness (QED) is 0.551. The Morgan fingerprint density at radius 1 is 1.16 bits per heavy atom. The first-order valence-corrected chi connectivity index (χ1v) is 10.8. The minimum Gasteiger partial charge on any atom is -0.462 e. The minimum absolute atomic E-state index is 0.0463. The van der Waals surface area contributed by atoms with Crippen LogP contribution in [-0.4, -0.2) is 23.4 Å². The molecule has 1 aliphatic rings. The Kier molecular flexibility index (Phi) is 7.12. The van der Waals surface area contributed by atoms with E-state index in [9.17, 15) is 18.4 Å². The van der Waals surface area contributed by atoms with Gasteiger partial charge < -0.3 is 9.64 Å². The number of ether oxygens (including phenoxy) is 1. The fourth-order valence-electron chi connectivity index (χ4n) is 4.03. The SMILES string of the molecule is CC1=C(C(=O)OCC(C)C)[C@H](c2cc(C)ccc2C)CC(=O)N1Cc1cccc(F)c1F. The first kappa shape index (κ1) is 23.6. The van der Waals surface area contributed by atoms with Crippen molar-refractivity contribution < 1.29 is 23.1 Å². The topological polar surface area (TPSA) is 46.6 Å². The summed E-state index contributed by atoms with van der Waals surface area (Å²) >= 11 is 0. The predicted molar refractivity (Wildman–Crippen MR) is 119 cm³/mol. The number of rotatable bonds is 6. The molecule has 1 aliphatic heterocycles. The number of hydrogen-bond acceptors (Lipinski definition) is 3. The summed E-state index contributed by atoms with van der Waals surface area (Å²) in [5.41, 5.74) is 3.73. The molecule has 0 aromatic heterocycles. The molecule has 3 rings (SSSR count). The molecule has 4 nitrogen and oxygen atoms in total. The van der Waals surface area contributed by atoms with Gasteiger partial charge >= 0.3 is 5.97 Å². The van der Waals surface area contributed by atoms with Crippen LogP contribution in [0.25, 0.3) is 0 Å². The van der Waals surface area contributed by atoms with Crippen LogP contribution in [0.3, 0.4) is 0 Å². The molecule has 0 N–H and O–H groups in total. The molecule has 6 heteroatoms. The average Bonchev–Trinajstić information content (AvgIpc) is 2.73. The number of benzene rings is 2. The number of carbonyl (C=O) groups is 2. The molecule has 0 unspecified atom stereocenters. The van der Waals surface area contributed by atoms with Crippen molar-refractivity contribution in [1.82, 2.24) is 4.90 Å². The van der Waals surface area contributed by atoms with Crippen LogP contribution < -0.4 is 0 Å². The number of nitrogens with zero attached hydrogens (tertiary/aromatic N) is 1. The van der Waals surface area contributed by atoms with Crippen molar-refractivity contribution in [1.29, 1.82) is 0 Å². The Bertz CT molecular complexity index is 1070. The van der Waals surface area contributed by atoms with Crippen molar-refractivity contribution >= 4 is 11.9 Å². The summed E-state index contributed by atoms with van der Waals surface area (Å²) in [6.07, 6.45) is 0.0463. The Hall–Kier alpha value is -3.02. The van der Waals surface area contributed by atoms with Gasteiger partial charge in [0.15, 0.2) is 11.6 Å². The van der Waals surface area contributed by atoms with Gasteiger partial charge in [-0.15, -0.1) is 0 Å². The van der Waals surface area contributed by atoms with Crippen molar-refractivity contribution in [2.45, 2.75) is 53.5 Å². The second-order valence-electron chi connectivity index (χ2n) is 8.80. The molecule has 2 aromatic rings. The average molecular weight is 442 g/mol. The number of aryl methyl sites for hydroxylation is 2. The third-order valence-electron chi connectivity index (χ3n) is 5.76. The highest BCUT2D eigenvalue weighted by Crippen LogP contribution is 2.39. The molecule has 2 aromatic carbocycles. The number of allylic oxidation sites excluding steroid dienone is 1. The van der Waals surface area contributed by atoms with Crippen LogP contribution in [0.15, 0.2) is 47.7 Å². The summed E-state index contributed by atoms with van der Waals surface area (Å²) < 4.78 is 33.5. The smallest absolute Gasteiger partial charge is 0.336 e. The Labute approximate surface area is 187 Å². The molecular formula is C26H29F2NO3. The predicted octanol–water partition coefficient (Wildman–Crippen LogP) is 5.57. The van der Waals surface area contributed by atoms with Gasteiger partial charge in [0.25, 0.3) is 0 Å². The Morgan fingerprint density at radius 2 is 1.88 bits per heavy atom. The van der Waals surface area contributed by atoms with Gasteiger partial charge in [-0.3, -0.25) is 4.79 Å². The standard InChI is InChI=1S/C26H29F2NO3/c1-15(2)14-32-26(31)24-18(5)29(13-19-7-6-8-22(27)25(19)28)23(30)12-21(24)20-11-16(3)9-10-17(20)4/h6-11,15,21H,12-14H2,1-5H3/t21-/m0/s1. The number of halogens is 2. The molecule has 0 saturated carbocycles. The van der Waals surface area contributed by atoms with Crippen molar-refractivity contribution in [2.75, 3.05) is 6.61 Å². The molecular weight excluding hydrogens is 412 g/mol. The first-order valence-electron chi connectivity index (χ1n) is 10.8. The third-order valence-corrected chi connectivity index (χ3v) is 5.76. The monoisotopic (exact) mass is 441 g/mol. The maximum Gasteiger partial charge on any atom is 0.336 e. The summed E-state index contributed by atoms with van der Waals surface area (Å²) in [5, 5.41) is 0. The molecule has 1 heterocycles. The largest absolute Gasteiger partial charge is 0.462 e. The molecule has 1 atom stereocenters. The van der Waals surface area contributed by atoms with Gasteiger partial charge in [-0.05, 0) is 43.9 Å². The zero-order valence-electron chi connectivity index (χ0n) is 19.2. The van der Waals surface area contributed by atoms with Crippen LogP contribution in [-0.2, 0) is 20.9 Å². The second-order valence-corrected chi connectivity index (χ2v) is 8.80. The number of esters is 1. The Balaban J connectivity index is 2.08. The lowest BCUT2D eigenvalue weighted by Gasteiger charge is -2.35. The van der Waals surface area contributed by atoms with Gasteiger partial charge in [-0.1, -0.05) is 49.7 Å². The van der Waals surface area contributed by atoms with E-state index in [1.165, 1.54) is 17.0 Å². The molecule has 0 saturated heterocycles. The summed E-state index contributed by atoms with van der Waals surface area (Å²) in [5.74, 6) is -3.01. The molecule has 0 fully saturated rings. The normalized spacial score (nSPS) is 16.7. The van der Waals surface area contributed by atoms with Crippen molar-refractivity contribution in [3.8, 4) is 0 Å². The van der Waals surface area contributed by atoms with E-state index in [1.54, 1.807) is 6.92 Å². The summed E-state index contributed by atoms with van der Waals surface area (Å²) in [6.45, 7) is 9.55. The molecule has 0 aliphatic carbocycles. The number of hydrogen-bond donors (Lipinski definition) is 0. The van der Waals surface area contributed by atoms with E-state index in [0.29, 0.717) is 11.3 Å². The molecule has 170 valence electrons. The maximum atomic E-state index is 14.3. The van der Waals surface area contributed by atoms with Crippen molar-refractivity contribution in [3.05, 3.63) is 81.6 Å². The fourth-order valence-corrected chi connectivity index (χ4v) is 4.03. The lowest BCUT2D eigenvalue weighted by molar-refractivity contribution is -0.141. The third kappa shape index (κ3) is 4.90. The van der Waals surface area contributed by atoms with Gasteiger partial charge in [0.1, 0.15) is 0 Å². The lowest BCUT2D eigenvalue weighted by atomic mass is 9.81. The first-order chi connectivity index (χ1) is 15.1. The Morgan fingerprint density at radius 3 is 2.56 bits per heavy atom. The summed E-state index contributed by atoms with van der Waals surface area (Å²) in [4.78, 5) is 27.7. The van der Waals surface area contributed by atoms with E-state index in [1.807, 2.05) is 45.9 Å². The molecule has 1 amide bonds. The van der Waals surface area contributed by atoms with Crippen LogP contribution in [0.5, 0.6) is 0 Å². The van der Waals surface area contributed by atoms with Gasteiger partial charge in [0, 0.05) is 23.6 Å². The van der Waals surface area contributed by atoms with E-state index < -0.39 is 23.5 Å².